The lowest BCUT2D eigenvalue weighted by Gasteiger charge is -2.13. The number of pyridine rings is 1. The van der Waals surface area contributed by atoms with Gasteiger partial charge in [-0.25, -0.2) is 0 Å². The van der Waals surface area contributed by atoms with Crippen molar-refractivity contribution in [2.24, 2.45) is 0 Å². The van der Waals surface area contributed by atoms with Crippen molar-refractivity contribution < 1.29 is 22.9 Å². The van der Waals surface area contributed by atoms with E-state index in [2.05, 4.69) is 4.98 Å². The Labute approximate surface area is 149 Å². The number of nitro benzene ring substituents is 1. The fraction of sp³-hybridized carbons (Fsp3) is 0.0588. The summed E-state index contributed by atoms with van der Waals surface area (Å²) < 4.78 is 38.8. The first kappa shape index (κ1) is 17.9. The van der Waals surface area contributed by atoms with Crippen LogP contribution in [0.2, 0.25) is 0 Å². The summed E-state index contributed by atoms with van der Waals surface area (Å²) >= 11 is 0.925. The molecule has 1 aromatic heterocycles. The van der Waals surface area contributed by atoms with Crippen LogP contribution < -0.4 is 0 Å². The van der Waals surface area contributed by atoms with Crippen LogP contribution in [0.5, 0.6) is 0 Å². The number of Topliss-reactive ketones (excluding diaryl/α,β-unsaturated/α-hetero) is 1. The number of non-ortho nitro benzene ring substituents is 1. The van der Waals surface area contributed by atoms with E-state index in [4.69, 9.17) is 0 Å². The van der Waals surface area contributed by atoms with Crippen LogP contribution in [-0.2, 0) is 0 Å². The number of nitrogens with zero attached hydrogens (tertiary/aromatic N) is 2. The smallest absolute Gasteiger partial charge is 0.284 e. The minimum absolute atomic E-state index is 0.103. The van der Waals surface area contributed by atoms with Gasteiger partial charge in [0.15, 0.2) is 0 Å². The molecule has 132 valence electrons. The van der Waals surface area contributed by atoms with E-state index in [1.807, 2.05) is 0 Å². The third-order valence-electron chi connectivity index (χ3n) is 3.50. The van der Waals surface area contributed by atoms with Gasteiger partial charge in [0.2, 0.25) is 0 Å². The van der Waals surface area contributed by atoms with Gasteiger partial charge in [-0.3, -0.25) is 19.9 Å². The molecule has 0 unspecified atom stereocenters. The fourth-order valence-corrected chi connectivity index (χ4v) is 3.34. The third-order valence-corrected chi connectivity index (χ3v) is 4.65. The topological polar surface area (TPSA) is 73.1 Å². The van der Waals surface area contributed by atoms with Crippen LogP contribution in [0.15, 0.2) is 64.5 Å². The van der Waals surface area contributed by atoms with E-state index in [-0.39, 0.29) is 10.6 Å². The molecule has 1 heterocycles. The first-order valence-electron chi connectivity index (χ1n) is 7.19. The molecule has 26 heavy (non-hydrogen) atoms. The molecule has 0 saturated carbocycles. The molecule has 0 aliphatic rings. The molecule has 0 aliphatic carbocycles. The first-order valence-corrected chi connectivity index (χ1v) is 8.00. The highest BCUT2D eigenvalue weighted by molar-refractivity contribution is 7.99. The minimum atomic E-state index is -5.03. The Morgan fingerprint density at radius 1 is 1.08 bits per heavy atom. The van der Waals surface area contributed by atoms with Crippen LogP contribution in [0.4, 0.5) is 18.9 Å². The highest BCUT2D eigenvalue weighted by atomic mass is 32.2. The number of benzene rings is 2. The summed E-state index contributed by atoms with van der Waals surface area (Å²) in [5.41, 5.74) is -0.254. The van der Waals surface area contributed by atoms with Crippen molar-refractivity contribution in [1.82, 2.24) is 4.98 Å². The zero-order valence-electron chi connectivity index (χ0n) is 12.9. The number of carbonyl (C=O) groups is 1. The maximum Gasteiger partial charge on any atom is 0.454 e. The number of halogens is 3. The maximum absolute atomic E-state index is 12.9. The molecule has 2 aromatic carbocycles. The first-order chi connectivity index (χ1) is 12.3. The number of rotatable bonds is 4. The molecule has 0 N–H and O–H groups in total. The number of hydrogen-bond donors (Lipinski definition) is 0. The monoisotopic (exact) mass is 378 g/mol. The van der Waals surface area contributed by atoms with Gasteiger partial charge in [0, 0.05) is 33.5 Å². The fourth-order valence-electron chi connectivity index (χ4n) is 2.29. The summed E-state index contributed by atoms with van der Waals surface area (Å²) in [5, 5.41) is 11.1. The highest BCUT2D eigenvalue weighted by Crippen LogP contribution is 2.38. The number of nitro groups is 1. The van der Waals surface area contributed by atoms with Crippen molar-refractivity contribution in [3.8, 4) is 0 Å². The number of carbonyl (C=O) groups excluding carboxylic acids is 1. The van der Waals surface area contributed by atoms with E-state index in [0.29, 0.717) is 15.8 Å². The SMILES string of the molecule is O=C(c1cnc2ccccc2c1Sc1ccc([N+](=O)[O-])cc1)C(F)(F)F. The molecule has 0 bridgehead atoms. The maximum atomic E-state index is 12.9. The van der Waals surface area contributed by atoms with Crippen molar-refractivity contribution >= 4 is 34.1 Å². The Morgan fingerprint density at radius 3 is 2.35 bits per heavy atom. The molecule has 9 heteroatoms. The molecule has 3 rings (SSSR count). The summed E-state index contributed by atoms with van der Waals surface area (Å²) in [4.78, 5) is 26.4. The van der Waals surface area contributed by atoms with Crippen LogP contribution in [-0.4, -0.2) is 21.9 Å². The van der Waals surface area contributed by atoms with Gasteiger partial charge in [0.1, 0.15) is 0 Å². The number of ketones is 1. The Kier molecular flexibility index (Phi) is 4.64. The Morgan fingerprint density at radius 2 is 1.73 bits per heavy atom. The zero-order valence-corrected chi connectivity index (χ0v) is 13.7. The van der Waals surface area contributed by atoms with Gasteiger partial charge in [0.25, 0.3) is 11.5 Å². The molecule has 0 spiro atoms. The standard InChI is InChI=1S/C17H9F3N2O3S/c18-17(19,20)16(23)13-9-21-14-4-2-1-3-12(14)15(13)26-11-7-5-10(6-8-11)22(24)25/h1-9H. The number of alkyl halides is 3. The Bertz CT molecular complexity index is 1000. The van der Waals surface area contributed by atoms with Gasteiger partial charge in [-0.05, 0) is 18.2 Å². The lowest BCUT2D eigenvalue weighted by Crippen LogP contribution is -2.23. The van der Waals surface area contributed by atoms with Gasteiger partial charge in [0.05, 0.1) is 16.0 Å². The minimum Gasteiger partial charge on any atom is -0.284 e. The second kappa shape index (κ2) is 6.75. The summed E-state index contributed by atoms with van der Waals surface area (Å²) in [7, 11) is 0. The molecule has 5 nitrogen and oxygen atoms in total. The van der Waals surface area contributed by atoms with Crippen LogP contribution in [0.3, 0.4) is 0 Å². The molecule has 3 aromatic rings. The van der Waals surface area contributed by atoms with Crippen molar-refractivity contribution in [2.75, 3.05) is 0 Å². The number of aromatic nitrogens is 1. The summed E-state index contributed by atoms with van der Waals surface area (Å²) in [5.74, 6) is -1.99. The Hall–Kier alpha value is -2.94. The molecule has 0 saturated heterocycles. The molecule has 0 amide bonds. The summed E-state index contributed by atoms with van der Waals surface area (Å²) in [6.07, 6.45) is -4.12. The van der Waals surface area contributed by atoms with Crippen LogP contribution in [0.1, 0.15) is 10.4 Å². The highest BCUT2D eigenvalue weighted by Gasteiger charge is 2.41. The zero-order chi connectivity index (χ0) is 18.9. The van der Waals surface area contributed by atoms with Crippen molar-refractivity contribution in [3.63, 3.8) is 0 Å². The predicted octanol–water partition coefficient (Wildman–Crippen LogP) is 5.04. The van der Waals surface area contributed by atoms with Gasteiger partial charge in [-0.15, -0.1) is 0 Å². The van der Waals surface area contributed by atoms with Gasteiger partial charge < -0.3 is 0 Å². The van der Waals surface area contributed by atoms with Crippen molar-refractivity contribution in [2.45, 2.75) is 16.0 Å². The van der Waals surface area contributed by atoms with Gasteiger partial charge in [-0.2, -0.15) is 13.2 Å². The summed E-state index contributed by atoms with van der Waals surface area (Å²) in [6, 6.07) is 11.8. The summed E-state index contributed by atoms with van der Waals surface area (Å²) in [6.45, 7) is 0. The normalized spacial score (nSPS) is 11.5. The number of para-hydroxylation sites is 1. The predicted molar refractivity (Wildman–Crippen MR) is 89.3 cm³/mol. The average molecular weight is 378 g/mol. The van der Waals surface area contributed by atoms with Gasteiger partial charge in [-0.1, -0.05) is 30.0 Å². The van der Waals surface area contributed by atoms with E-state index in [9.17, 15) is 28.1 Å². The lowest BCUT2D eigenvalue weighted by molar-refractivity contribution is -0.384. The molecular weight excluding hydrogens is 369 g/mol. The average Bonchev–Trinajstić information content (AvgIpc) is 2.61. The van der Waals surface area contributed by atoms with Crippen LogP contribution in [0.25, 0.3) is 10.9 Å². The van der Waals surface area contributed by atoms with E-state index < -0.39 is 22.4 Å². The second-order valence-electron chi connectivity index (χ2n) is 5.20. The van der Waals surface area contributed by atoms with E-state index in [1.54, 1.807) is 24.3 Å². The van der Waals surface area contributed by atoms with Crippen LogP contribution in [0, 0.1) is 10.1 Å². The van der Waals surface area contributed by atoms with E-state index >= 15 is 0 Å². The number of fused-ring (bicyclic) bond motifs is 1. The lowest BCUT2D eigenvalue weighted by atomic mass is 10.1. The van der Waals surface area contributed by atoms with Crippen molar-refractivity contribution in [3.05, 3.63) is 70.4 Å². The largest absolute Gasteiger partial charge is 0.454 e. The second-order valence-corrected chi connectivity index (χ2v) is 6.28. The third kappa shape index (κ3) is 3.52. The molecule has 0 radical (unpaired) electrons. The quantitative estimate of drug-likeness (QED) is 0.361. The molecule has 0 atom stereocenters. The molecule has 0 aliphatic heterocycles. The van der Waals surface area contributed by atoms with Crippen molar-refractivity contribution in [1.29, 1.82) is 0 Å². The molecular formula is C17H9F3N2O3S. The van der Waals surface area contributed by atoms with E-state index in [1.165, 1.54) is 24.3 Å². The molecule has 0 fully saturated rings. The Balaban J connectivity index is 2.12. The van der Waals surface area contributed by atoms with E-state index in [0.717, 1.165) is 18.0 Å². The van der Waals surface area contributed by atoms with Gasteiger partial charge >= 0.3 is 6.18 Å². The van der Waals surface area contributed by atoms with Crippen LogP contribution >= 0.6 is 11.8 Å². The number of hydrogen-bond acceptors (Lipinski definition) is 5.